The van der Waals surface area contributed by atoms with E-state index in [0.29, 0.717) is 11.5 Å². The molecule has 2 N–H and O–H groups in total. The van der Waals surface area contributed by atoms with E-state index in [-0.39, 0.29) is 0 Å². The van der Waals surface area contributed by atoms with Crippen LogP contribution in [0.4, 0.5) is 0 Å². The zero-order valence-electron chi connectivity index (χ0n) is 19.8. The molecule has 2 heteroatoms. The fourth-order valence-corrected chi connectivity index (χ4v) is 6.14. The van der Waals surface area contributed by atoms with Crippen molar-refractivity contribution in [2.45, 2.75) is 80.1 Å². The minimum Gasteiger partial charge on any atom is -0.508 e. The van der Waals surface area contributed by atoms with Crippen molar-refractivity contribution in [3.05, 3.63) is 57.6 Å². The van der Waals surface area contributed by atoms with Gasteiger partial charge in [0, 0.05) is 0 Å². The first-order valence-electron chi connectivity index (χ1n) is 11.7. The normalized spacial score (nSPS) is 25.8. The number of fused-ring (bicyclic) bond motifs is 5. The van der Waals surface area contributed by atoms with Gasteiger partial charge in [0.05, 0.1) is 0 Å². The third kappa shape index (κ3) is 5.02. The summed E-state index contributed by atoms with van der Waals surface area (Å²) in [7, 11) is 0. The number of phenols is 2. The van der Waals surface area contributed by atoms with Crippen LogP contribution in [-0.4, -0.2) is 10.2 Å². The predicted molar refractivity (Wildman–Crippen MR) is 126 cm³/mol. The van der Waals surface area contributed by atoms with E-state index in [1.54, 1.807) is 44.6 Å². The second kappa shape index (κ2) is 9.45. The lowest BCUT2D eigenvalue weighted by Gasteiger charge is -2.23. The van der Waals surface area contributed by atoms with Crippen LogP contribution in [0.5, 0.6) is 11.5 Å². The molecule has 0 aliphatic heterocycles. The minimum atomic E-state index is 0.392. The topological polar surface area (TPSA) is 40.5 Å². The lowest BCUT2D eigenvalue weighted by molar-refractivity contribution is 0.259. The van der Waals surface area contributed by atoms with Gasteiger partial charge in [0.2, 0.25) is 0 Å². The van der Waals surface area contributed by atoms with Gasteiger partial charge in [0.25, 0.3) is 0 Å². The molecule has 0 spiro atoms. The molecule has 0 amide bonds. The van der Waals surface area contributed by atoms with Crippen molar-refractivity contribution in [3.8, 4) is 11.5 Å². The van der Waals surface area contributed by atoms with Crippen LogP contribution in [0.3, 0.4) is 0 Å². The average Bonchev–Trinajstić information content (AvgIpc) is 3.40. The molecule has 30 heavy (non-hydrogen) atoms. The van der Waals surface area contributed by atoms with Crippen LogP contribution in [0.15, 0.2) is 24.3 Å². The van der Waals surface area contributed by atoms with Gasteiger partial charge in [-0.25, -0.2) is 0 Å². The van der Waals surface area contributed by atoms with Crippen LogP contribution in [-0.2, 0) is 0 Å². The highest BCUT2D eigenvalue weighted by atomic mass is 16.3. The van der Waals surface area contributed by atoms with Crippen molar-refractivity contribution < 1.29 is 10.2 Å². The number of hydrogen-bond acceptors (Lipinski definition) is 2. The van der Waals surface area contributed by atoms with Gasteiger partial charge in [0.1, 0.15) is 11.5 Å². The summed E-state index contributed by atoms with van der Waals surface area (Å²) in [6.07, 6.45) is 9.53. The molecule has 3 aliphatic carbocycles. The first-order valence-corrected chi connectivity index (χ1v) is 11.7. The van der Waals surface area contributed by atoms with Crippen LogP contribution in [0, 0.1) is 65.2 Å². The maximum atomic E-state index is 9.33. The van der Waals surface area contributed by atoms with E-state index in [1.807, 2.05) is 59.7 Å². The Labute approximate surface area is 183 Å². The van der Waals surface area contributed by atoms with Gasteiger partial charge in [-0.1, -0.05) is 30.2 Å². The number of aromatic hydroxyl groups is 2. The Kier molecular flexibility index (Phi) is 7.16. The summed E-state index contributed by atoms with van der Waals surface area (Å²) < 4.78 is 0. The molecule has 2 aromatic carbocycles. The van der Waals surface area contributed by atoms with Crippen molar-refractivity contribution in [2.75, 3.05) is 0 Å². The zero-order chi connectivity index (χ0) is 22.0. The number of phenolic OH excluding ortho intramolecular Hbond substituents is 2. The van der Waals surface area contributed by atoms with Crippen molar-refractivity contribution in [2.24, 2.45) is 23.7 Å². The highest BCUT2D eigenvalue weighted by Crippen LogP contribution is 2.58. The standard InChI is InChI=1S/C10H16.2C9H12O/c1-2-9-7-4-5-8(6-7)10(9)3-1;1-6-4-8(3)9(10)5-7(6)2;1-6-4-7(2)9(10)8(3)5-6/h7-10H,1-6H2;2*4-5,10H,1-3H3. The summed E-state index contributed by atoms with van der Waals surface area (Å²) in [6.45, 7) is 11.8. The Morgan fingerprint density at radius 2 is 1.10 bits per heavy atom. The second-order valence-corrected chi connectivity index (χ2v) is 10.1. The van der Waals surface area contributed by atoms with Gasteiger partial charge < -0.3 is 10.2 Å². The zero-order valence-corrected chi connectivity index (χ0v) is 19.8. The highest BCUT2D eigenvalue weighted by molar-refractivity contribution is 5.41. The molecule has 0 saturated heterocycles. The average molecular weight is 409 g/mol. The Morgan fingerprint density at radius 3 is 1.60 bits per heavy atom. The summed E-state index contributed by atoms with van der Waals surface area (Å²) >= 11 is 0. The van der Waals surface area contributed by atoms with Gasteiger partial charge >= 0.3 is 0 Å². The van der Waals surface area contributed by atoms with Crippen molar-refractivity contribution >= 4 is 0 Å². The number of rotatable bonds is 0. The minimum absolute atomic E-state index is 0.392. The number of benzene rings is 2. The summed E-state index contributed by atoms with van der Waals surface area (Å²) in [6, 6.07) is 7.74. The van der Waals surface area contributed by atoms with Crippen molar-refractivity contribution in [1.29, 1.82) is 0 Å². The number of hydrogen-bond donors (Lipinski definition) is 2. The molecular formula is C28H40O2. The Bertz CT molecular complexity index is 793. The molecule has 164 valence electrons. The van der Waals surface area contributed by atoms with E-state index in [4.69, 9.17) is 0 Å². The molecular weight excluding hydrogens is 368 g/mol. The van der Waals surface area contributed by atoms with Crippen LogP contribution in [0.25, 0.3) is 0 Å². The second-order valence-electron chi connectivity index (χ2n) is 10.1. The maximum Gasteiger partial charge on any atom is 0.121 e. The van der Waals surface area contributed by atoms with E-state index in [2.05, 4.69) is 0 Å². The Morgan fingerprint density at radius 1 is 0.600 bits per heavy atom. The van der Waals surface area contributed by atoms with Crippen molar-refractivity contribution in [3.63, 3.8) is 0 Å². The molecule has 0 radical (unpaired) electrons. The monoisotopic (exact) mass is 408 g/mol. The van der Waals surface area contributed by atoms with E-state index in [1.165, 1.54) is 34.8 Å². The van der Waals surface area contributed by atoms with Gasteiger partial charge in [-0.3, -0.25) is 0 Å². The van der Waals surface area contributed by atoms with Crippen LogP contribution >= 0.6 is 0 Å². The molecule has 5 rings (SSSR count). The molecule has 3 saturated carbocycles. The summed E-state index contributed by atoms with van der Waals surface area (Å²) in [4.78, 5) is 0. The number of aryl methyl sites for hydroxylation is 6. The molecule has 0 aromatic heterocycles. The third-order valence-corrected chi connectivity index (χ3v) is 7.80. The predicted octanol–water partition coefficient (Wildman–Crippen LogP) is 7.47. The molecule has 4 unspecified atom stereocenters. The first kappa shape index (κ1) is 22.7. The quantitative estimate of drug-likeness (QED) is 0.475. The third-order valence-electron chi connectivity index (χ3n) is 7.80. The maximum absolute atomic E-state index is 9.33. The Balaban J connectivity index is 0.000000128. The van der Waals surface area contributed by atoms with Gasteiger partial charge in [-0.05, 0) is 131 Å². The molecule has 2 aromatic rings. The summed E-state index contributed by atoms with van der Waals surface area (Å²) in [5, 5.41) is 18.6. The van der Waals surface area contributed by atoms with Crippen LogP contribution in [0.1, 0.15) is 71.9 Å². The summed E-state index contributed by atoms with van der Waals surface area (Å²) in [5.74, 6) is 5.61. The summed E-state index contributed by atoms with van der Waals surface area (Å²) in [5.41, 5.74) is 6.43. The van der Waals surface area contributed by atoms with Gasteiger partial charge in [-0.15, -0.1) is 0 Å². The van der Waals surface area contributed by atoms with E-state index in [9.17, 15) is 10.2 Å². The van der Waals surface area contributed by atoms with E-state index < -0.39 is 0 Å². The first-order chi connectivity index (χ1) is 14.2. The van der Waals surface area contributed by atoms with Crippen LogP contribution in [0.2, 0.25) is 0 Å². The largest absolute Gasteiger partial charge is 0.508 e. The fourth-order valence-electron chi connectivity index (χ4n) is 6.14. The van der Waals surface area contributed by atoms with Gasteiger partial charge in [0.15, 0.2) is 0 Å². The smallest absolute Gasteiger partial charge is 0.121 e. The van der Waals surface area contributed by atoms with E-state index >= 15 is 0 Å². The van der Waals surface area contributed by atoms with Crippen LogP contribution < -0.4 is 0 Å². The molecule has 3 fully saturated rings. The van der Waals surface area contributed by atoms with Crippen molar-refractivity contribution in [1.82, 2.24) is 0 Å². The molecule has 2 nitrogen and oxygen atoms in total. The molecule has 3 aliphatic rings. The molecule has 2 bridgehead atoms. The fraction of sp³-hybridized carbons (Fsp3) is 0.571. The molecule has 0 heterocycles. The van der Waals surface area contributed by atoms with E-state index in [0.717, 1.165) is 22.3 Å². The molecule has 4 atom stereocenters. The highest BCUT2D eigenvalue weighted by Gasteiger charge is 2.48. The lowest BCUT2D eigenvalue weighted by Crippen LogP contribution is -2.15. The SMILES string of the molecule is C1CC2C3CCC(C3)C2C1.Cc1cc(C)c(O)c(C)c1.Cc1cc(C)c(O)cc1C. The van der Waals surface area contributed by atoms with Gasteiger partial charge in [-0.2, -0.15) is 0 Å². The Hall–Kier alpha value is -1.96. The lowest BCUT2D eigenvalue weighted by atomic mass is 9.82.